The Kier molecular flexibility index (Phi) is 3.85. The van der Waals surface area contributed by atoms with E-state index in [4.69, 9.17) is 21.1 Å². The molecule has 86 valence electrons. The van der Waals surface area contributed by atoms with Gasteiger partial charge in [-0.3, -0.25) is 0 Å². The first-order valence-corrected chi connectivity index (χ1v) is 5.49. The number of ether oxygens (including phenoxy) is 2. The van der Waals surface area contributed by atoms with E-state index in [2.05, 4.69) is 26.8 Å². The first-order chi connectivity index (χ1) is 6.90. The molecule has 0 fully saturated rings. The van der Waals surface area contributed by atoms with Crippen molar-refractivity contribution in [3.8, 4) is 0 Å². The molecule has 15 heavy (non-hydrogen) atoms. The molecule has 0 saturated heterocycles. The first kappa shape index (κ1) is 12.6. The van der Waals surface area contributed by atoms with Gasteiger partial charge in [-0.15, -0.1) is 11.6 Å². The number of hydrogen-bond acceptors (Lipinski definition) is 2. The van der Waals surface area contributed by atoms with Gasteiger partial charge in [-0.2, -0.15) is 0 Å². The van der Waals surface area contributed by atoms with Crippen molar-refractivity contribution in [2.24, 2.45) is 5.41 Å². The monoisotopic (exact) mass is 230 g/mol. The van der Waals surface area contributed by atoms with Crippen molar-refractivity contribution in [2.45, 2.75) is 32.3 Å². The Morgan fingerprint density at radius 3 is 2.20 bits per heavy atom. The zero-order valence-corrected chi connectivity index (χ0v) is 10.8. The van der Waals surface area contributed by atoms with Gasteiger partial charge in [0.1, 0.15) is 5.76 Å². The number of alkyl halides is 1. The van der Waals surface area contributed by atoms with Gasteiger partial charge in [-0.1, -0.05) is 20.8 Å². The molecule has 0 bridgehead atoms. The van der Waals surface area contributed by atoms with Crippen molar-refractivity contribution >= 4 is 11.6 Å². The number of allylic oxidation sites excluding steroid dienone is 1. The summed E-state index contributed by atoms with van der Waals surface area (Å²) >= 11 is 6.15. The quantitative estimate of drug-likeness (QED) is 0.679. The normalized spacial score (nSPS) is 27.1. The van der Waals surface area contributed by atoms with Crippen LogP contribution in [0.1, 0.15) is 20.8 Å². The van der Waals surface area contributed by atoms with Crippen molar-refractivity contribution in [1.29, 1.82) is 0 Å². The van der Waals surface area contributed by atoms with Crippen LogP contribution in [0.15, 0.2) is 23.5 Å². The molecule has 0 spiro atoms. The Balaban J connectivity index is 3.05. The van der Waals surface area contributed by atoms with Crippen LogP contribution in [0.4, 0.5) is 0 Å². The molecule has 2 unspecified atom stereocenters. The molecule has 0 saturated carbocycles. The van der Waals surface area contributed by atoms with Crippen molar-refractivity contribution in [3.63, 3.8) is 0 Å². The summed E-state index contributed by atoms with van der Waals surface area (Å²) in [5, 5.41) is -0.156. The third-order valence-electron chi connectivity index (χ3n) is 2.52. The van der Waals surface area contributed by atoms with E-state index in [1.807, 2.05) is 6.08 Å². The maximum Gasteiger partial charge on any atom is 0.119 e. The molecule has 0 aromatic heterocycles. The van der Waals surface area contributed by atoms with Gasteiger partial charge in [0.25, 0.3) is 0 Å². The molecule has 2 nitrogen and oxygen atoms in total. The second kappa shape index (κ2) is 4.58. The molecule has 3 heteroatoms. The highest BCUT2D eigenvalue weighted by Crippen LogP contribution is 2.36. The fourth-order valence-corrected chi connectivity index (χ4v) is 1.95. The minimum Gasteiger partial charge on any atom is -0.497 e. The Morgan fingerprint density at radius 1 is 1.20 bits per heavy atom. The molecule has 1 aliphatic rings. The van der Waals surface area contributed by atoms with E-state index in [1.54, 1.807) is 14.2 Å². The number of hydrogen-bond donors (Lipinski definition) is 0. The Hall–Kier alpha value is -0.470. The molecule has 0 aliphatic heterocycles. The van der Waals surface area contributed by atoms with Gasteiger partial charge < -0.3 is 9.47 Å². The minimum absolute atomic E-state index is 0.0374. The van der Waals surface area contributed by atoms with Crippen molar-refractivity contribution in [3.05, 3.63) is 23.5 Å². The highest BCUT2D eigenvalue weighted by Gasteiger charge is 2.29. The third-order valence-corrected chi connectivity index (χ3v) is 2.90. The smallest absolute Gasteiger partial charge is 0.119 e. The van der Waals surface area contributed by atoms with Gasteiger partial charge in [-0.25, -0.2) is 0 Å². The summed E-state index contributed by atoms with van der Waals surface area (Å²) in [6.07, 6.45) is 3.90. The van der Waals surface area contributed by atoms with Crippen LogP contribution >= 0.6 is 11.6 Å². The van der Waals surface area contributed by atoms with E-state index >= 15 is 0 Å². The first-order valence-electron chi connectivity index (χ1n) is 5.05. The fraction of sp³-hybridized carbons (Fsp3) is 0.667. The van der Waals surface area contributed by atoms with E-state index in [9.17, 15) is 0 Å². The Labute approximate surface area is 96.9 Å². The molecular weight excluding hydrogens is 212 g/mol. The van der Waals surface area contributed by atoms with Gasteiger partial charge in [0, 0.05) is 7.11 Å². The SMILES string of the molecule is COC1=CC(Cl)C(OC)C=C1C(C)(C)C. The van der Waals surface area contributed by atoms with Gasteiger partial charge in [0.15, 0.2) is 0 Å². The standard InChI is InChI=1S/C12H19ClO2/c1-12(2,3)8-6-11(15-5)9(13)7-10(8)14-4/h6-7,9,11H,1-5H3. The maximum absolute atomic E-state index is 6.15. The van der Waals surface area contributed by atoms with E-state index in [0.29, 0.717) is 0 Å². The third kappa shape index (κ3) is 2.76. The molecule has 2 atom stereocenters. The summed E-state index contributed by atoms with van der Waals surface area (Å²) in [5.74, 6) is 0.857. The maximum atomic E-state index is 6.15. The molecule has 1 aliphatic carbocycles. The van der Waals surface area contributed by atoms with Crippen LogP contribution < -0.4 is 0 Å². The summed E-state index contributed by atoms with van der Waals surface area (Å²) < 4.78 is 10.7. The number of methoxy groups -OCH3 is 2. The molecule has 1 rings (SSSR count). The minimum atomic E-state index is -0.156. The molecule has 0 radical (unpaired) electrons. The highest BCUT2D eigenvalue weighted by molar-refractivity contribution is 6.22. The van der Waals surface area contributed by atoms with Crippen LogP contribution in [0, 0.1) is 5.41 Å². The van der Waals surface area contributed by atoms with Crippen LogP contribution in [-0.2, 0) is 9.47 Å². The Morgan fingerprint density at radius 2 is 1.80 bits per heavy atom. The van der Waals surface area contributed by atoms with E-state index in [1.165, 1.54) is 0 Å². The van der Waals surface area contributed by atoms with Gasteiger partial charge in [0.2, 0.25) is 0 Å². The van der Waals surface area contributed by atoms with Gasteiger partial charge in [0.05, 0.1) is 18.6 Å². The largest absolute Gasteiger partial charge is 0.497 e. The van der Waals surface area contributed by atoms with Crippen molar-refractivity contribution in [1.82, 2.24) is 0 Å². The lowest BCUT2D eigenvalue weighted by molar-refractivity contribution is 0.138. The van der Waals surface area contributed by atoms with Gasteiger partial charge >= 0.3 is 0 Å². The van der Waals surface area contributed by atoms with Gasteiger partial charge in [-0.05, 0) is 23.1 Å². The molecule has 0 heterocycles. The zero-order chi connectivity index (χ0) is 11.6. The zero-order valence-electron chi connectivity index (χ0n) is 10.0. The van der Waals surface area contributed by atoms with Crippen LogP contribution in [-0.4, -0.2) is 25.7 Å². The second-order valence-electron chi connectivity index (χ2n) is 4.71. The summed E-state index contributed by atoms with van der Waals surface area (Å²) in [5.41, 5.74) is 1.18. The van der Waals surface area contributed by atoms with Crippen molar-refractivity contribution in [2.75, 3.05) is 14.2 Å². The summed E-state index contributed by atoms with van der Waals surface area (Å²) in [6, 6.07) is 0. The molecule has 0 amide bonds. The predicted molar refractivity (Wildman–Crippen MR) is 63.1 cm³/mol. The molecule has 0 N–H and O–H groups in total. The Bertz CT molecular complexity index is 286. The van der Waals surface area contributed by atoms with Crippen LogP contribution in [0.3, 0.4) is 0 Å². The van der Waals surface area contributed by atoms with E-state index in [-0.39, 0.29) is 16.9 Å². The predicted octanol–water partition coefficient (Wildman–Crippen LogP) is 3.13. The molecule has 0 aromatic carbocycles. The average Bonchev–Trinajstić information content (AvgIpc) is 2.15. The summed E-state index contributed by atoms with van der Waals surface area (Å²) in [4.78, 5) is 0. The number of rotatable bonds is 2. The second-order valence-corrected chi connectivity index (χ2v) is 5.21. The lowest BCUT2D eigenvalue weighted by Gasteiger charge is -2.31. The highest BCUT2D eigenvalue weighted by atomic mass is 35.5. The molecule has 0 aromatic rings. The summed E-state index contributed by atoms with van der Waals surface area (Å²) in [6.45, 7) is 6.44. The average molecular weight is 231 g/mol. The number of halogens is 1. The van der Waals surface area contributed by atoms with Crippen LogP contribution in [0.2, 0.25) is 0 Å². The molecular formula is C12H19ClO2. The lowest BCUT2D eigenvalue weighted by Crippen LogP contribution is -2.27. The van der Waals surface area contributed by atoms with Crippen molar-refractivity contribution < 1.29 is 9.47 Å². The fourth-order valence-electron chi connectivity index (χ4n) is 1.66. The van der Waals surface area contributed by atoms with Crippen LogP contribution in [0.5, 0.6) is 0 Å². The lowest BCUT2D eigenvalue weighted by atomic mass is 9.81. The summed E-state index contributed by atoms with van der Waals surface area (Å²) in [7, 11) is 3.34. The van der Waals surface area contributed by atoms with Crippen LogP contribution in [0.25, 0.3) is 0 Å². The van der Waals surface area contributed by atoms with E-state index in [0.717, 1.165) is 11.3 Å². The van der Waals surface area contributed by atoms with E-state index < -0.39 is 0 Å². The topological polar surface area (TPSA) is 18.5 Å².